The lowest BCUT2D eigenvalue weighted by Crippen LogP contribution is -2.30. The number of hydrogen-bond donors (Lipinski definition) is 2. The van der Waals surface area contributed by atoms with Crippen LogP contribution in [-0.2, 0) is 0 Å². The molecule has 1 saturated heterocycles. The molecule has 0 aromatic heterocycles. The van der Waals surface area contributed by atoms with Crippen LogP contribution in [0.15, 0.2) is 29.5 Å². The molecule has 0 amide bonds. The van der Waals surface area contributed by atoms with Gasteiger partial charge in [-0.05, 0) is 64.8 Å². The van der Waals surface area contributed by atoms with Gasteiger partial charge >= 0.3 is 0 Å². The van der Waals surface area contributed by atoms with Crippen molar-refractivity contribution in [2.75, 3.05) is 18.4 Å². The van der Waals surface area contributed by atoms with Gasteiger partial charge in [-0.3, -0.25) is 0 Å². The molecule has 2 rings (SSSR count). The molecule has 0 bridgehead atoms. The molecular formula is C18H28N2. The van der Waals surface area contributed by atoms with E-state index in [-0.39, 0.29) is 0 Å². The lowest BCUT2D eigenvalue weighted by atomic mass is 9.90. The molecule has 1 fully saturated rings. The van der Waals surface area contributed by atoms with E-state index in [1.165, 1.54) is 40.9 Å². The molecule has 2 nitrogen and oxygen atoms in total. The van der Waals surface area contributed by atoms with E-state index >= 15 is 0 Å². The summed E-state index contributed by atoms with van der Waals surface area (Å²) in [5, 5.41) is 7.21. The maximum atomic E-state index is 3.75. The standard InChI is InChI=1S/C18H28N2/c1-5-14(3)18(16-8-10-19-11-9-16)20-17-7-6-13(2)12-15(17)4/h6-7,12,16,19-20H,5,8-11H2,1-4H3. The van der Waals surface area contributed by atoms with Crippen molar-refractivity contribution >= 4 is 5.69 Å². The smallest absolute Gasteiger partial charge is 0.0411 e. The highest BCUT2D eigenvalue weighted by molar-refractivity contribution is 5.56. The van der Waals surface area contributed by atoms with Crippen molar-refractivity contribution < 1.29 is 0 Å². The van der Waals surface area contributed by atoms with Gasteiger partial charge in [0.25, 0.3) is 0 Å². The summed E-state index contributed by atoms with van der Waals surface area (Å²) in [6.07, 6.45) is 3.60. The lowest BCUT2D eigenvalue weighted by Gasteiger charge is -2.28. The number of nitrogens with one attached hydrogen (secondary N) is 2. The average Bonchev–Trinajstić information content (AvgIpc) is 2.46. The van der Waals surface area contributed by atoms with E-state index < -0.39 is 0 Å². The van der Waals surface area contributed by atoms with Gasteiger partial charge in [-0.25, -0.2) is 0 Å². The fraction of sp³-hybridized carbons (Fsp3) is 0.556. The molecule has 1 aromatic rings. The van der Waals surface area contributed by atoms with Gasteiger partial charge in [-0.2, -0.15) is 0 Å². The van der Waals surface area contributed by atoms with Crippen molar-refractivity contribution in [3.05, 3.63) is 40.6 Å². The normalized spacial score (nSPS) is 17.8. The highest BCUT2D eigenvalue weighted by atomic mass is 14.9. The van der Waals surface area contributed by atoms with E-state index in [9.17, 15) is 0 Å². The number of allylic oxidation sites excluding steroid dienone is 2. The van der Waals surface area contributed by atoms with Crippen molar-refractivity contribution in [2.24, 2.45) is 5.92 Å². The van der Waals surface area contributed by atoms with Gasteiger partial charge in [-0.1, -0.05) is 30.2 Å². The molecule has 2 N–H and O–H groups in total. The van der Waals surface area contributed by atoms with Crippen molar-refractivity contribution in [1.29, 1.82) is 0 Å². The first-order valence-electron chi connectivity index (χ1n) is 7.86. The summed E-state index contributed by atoms with van der Waals surface area (Å²) >= 11 is 0. The molecule has 0 unspecified atom stereocenters. The molecular weight excluding hydrogens is 244 g/mol. The molecule has 1 aliphatic heterocycles. The minimum absolute atomic E-state index is 0.678. The molecule has 1 aliphatic rings. The first-order chi connectivity index (χ1) is 9.61. The Bertz CT molecular complexity index is 482. The third-order valence-corrected chi connectivity index (χ3v) is 4.39. The highest BCUT2D eigenvalue weighted by Gasteiger charge is 2.19. The fourth-order valence-electron chi connectivity index (χ4n) is 2.96. The molecule has 0 radical (unpaired) electrons. The number of hydrogen-bond acceptors (Lipinski definition) is 2. The topological polar surface area (TPSA) is 24.1 Å². The summed E-state index contributed by atoms with van der Waals surface area (Å²) in [4.78, 5) is 0. The van der Waals surface area contributed by atoms with Crippen LogP contribution in [0.5, 0.6) is 0 Å². The van der Waals surface area contributed by atoms with Crippen LogP contribution in [0.4, 0.5) is 5.69 Å². The fourth-order valence-corrected chi connectivity index (χ4v) is 2.96. The molecule has 0 aliphatic carbocycles. The van der Waals surface area contributed by atoms with Crippen LogP contribution in [0.1, 0.15) is 44.2 Å². The quantitative estimate of drug-likeness (QED) is 0.849. The minimum atomic E-state index is 0.678. The van der Waals surface area contributed by atoms with E-state index in [0.29, 0.717) is 5.92 Å². The summed E-state index contributed by atoms with van der Waals surface area (Å²) in [6, 6.07) is 6.66. The largest absolute Gasteiger partial charge is 0.358 e. The molecule has 20 heavy (non-hydrogen) atoms. The molecule has 0 saturated carbocycles. The monoisotopic (exact) mass is 272 g/mol. The van der Waals surface area contributed by atoms with Gasteiger partial charge in [-0.15, -0.1) is 0 Å². The van der Waals surface area contributed by atoms with Crippen LogP contribution in [0.2, 0.25) is 0 Å². The Hall–Kier alpha value is -1.28. The summed E-state index contributed by atoms with van der Waals surface area (Å²) in [6.45, 7) is 11.1. The maximum Gasteiger partial charge on any atom is 0.0411 e. The van der Waals surface area contributed by atoms with Crippen molar-refractivity contribution in [3.63, 3.8) is 0 Å². The molecule has 1 heterocycles. The number of anilines is 1. The van der Waals surface area contributed by atoms with E-state index in [1.807, 2.05) is 0 Å². The lowest BCUT2D eigenvalue weighted by molar-refractivity contribution is 0.418. The molecule has 0 atom stereocenters. The number of rotatable bonds is 4. The third kappa shape index (κ3) is 3.63. The Balaban J connectivity index is 2.24. The Morgan fingerprint density at radius 1 is 1.25 bits per heavy atom. The molecule has 1 aromatic carbocycles. The summed E-state index contributed by atoms with van der Waals surface area (Å²) < 4.78 is 0. The van der Waals surface area contributed by atoms with Gasteiger partial charge in [0.05, 0.1) is 0 Å². The van der Waals surface area contributed by atoms with Crippen molar-refractivity contribution in [2.45, 2.75) is 47.0 Å². The van der Waals surface area contributed by atoms with Gasteiger partial charge in [0.1, 0.15) is 0 Å². The minimum Gasteiger partial charge on any atom is -0.358 e. The van der Waals surface area contributed by atoms with Gasteiger partial charge in [0, 0.05) is 17.3 Å². The van der Waals surface area contributed by atoms with Crippen molar-refractivity contribution in [3.8, 4) is 0 Å². The number of benzene rings is 1. The van der Waals surface area contributed by atoms with E-state index in [2.05, 4.69) is 56.5 Å². The molecule has 110 valence electrons. The first kappa shape index (κ1) is 15.1. The van der Waals surface area contributed by atoms with Crippen LogP contribution >= 0.6 is 0 Å². The maximum absolute atomic E-state index is 3.75. The Morgan fingerprint density at radius 3 is 2.55 bits per heavy atom. The summed E-state index contributed by atoms with van der Waals surface area (Å²) in [5.74, 6) is 0.678. The van der Waals surface area contributed by atoms with Crippen LogP contribution in [0.3, 0.4) is 0 Å². The zero-order valence-corrected chi connectivity index (χ0v) is 13.3. The van der Waals surface area contributed by atoms with E-state index in [4.69, 9.17) is 0 Å². The molecule has 0 spiro atoms. The Labute approximate surface area is 123 Å². The summed E-state index contributed by atoms with van der Waals surface area (Å²) in [7, 11) is 0. The molecule has 2 heteroatoms. The summed E-state index contributed by atoms with van der Waals surface area (Å²) in [5.41, 5.74) is 6.88. The van der Waals surface area contributed by atoms with E-state index in [1.54, 1.807) is 0 Å². The number of aryl methyl sites for hydroxylation is 2. The average molecular weight is 272 g/mol. The van der Waals surface area contributed by atoms with E-state index in [0.717, 1.165) is 19.5 Å². The first-order valence-corrected chi connectivity index (χ1v) is 7.86. The second-order valence-corrected chi connectivity index (χ2v) is 6.02. The SMILES string of the molecule is CCC(C)=C(Nc1ccc(C)cc1C)C1CCNCC1. The van der Waals surface area contributed by atoms with Gasteiger partial charge in [0.2, 0.25) is 0 Å². The second-order valence-electron chi connectivity index (χ2n) is 6.02. The third-order valence-electron chi connectivity index (χ3n) is 4.39. The predicted octanol–water partition coefficient (Wildman–Crippen LogP) is 4.40. The predicted molar refractivity (Wildman–Crippen MR) is 88.1 cm³/mol. The Morgan fingerprint density at radius 2 is 1.95 bits per heavy atom. The van der Waals surface area contributed by atoms with Gasteiger partial charge < -0.3 is 10.6 Å². The van der Waals surface area contributed by atoms with Crippen LogP contribution in [-0.4, -0.2) is 13.1 Å². The number of piperidine rings is 1. The van der Waals surface area contributed by atoms with Crippen molar-refractivity contribution in [1.82, 2.24) is 5.32 Å². The van der Waals surface area contributed by atoms with Crippen LogP contribution < -0.4 is 10.6 Å². The zero-order chi connectivity index (χ0) is 14.5. The van der Waals surface area contributed by atoms with Crippen LogP contribution in [0, 0.1) is 19.8 Å². The highest BCUT2D eigenvalue weighted by Crippen LogP contribution is 2.28. The second kappa shape index (κ2) is 6.94. The zero-order valence-electron chi connectivity index (χ0n) is 13.3. The van der Waals surface area contributed by atoms with Gasteiger partial charge in [0.15, 0.2) is 0 Å². The van der Waals surface area contributed by atoms with Crippen LogP contribution in [0.25, 0.3) is 0 Å². The Kier molecular flexibility index (Phi) is 5.24.